The predicted molar refractivity (Wildman–Crippen MR) is 147 cm³/mol. The minimum atomic E-state index is -0.826. The Bertz CT molecular complexity index is 820. The third kappa shape index (κ3) is 4.25. The molecule has 1 aromatic carbocycles. The quantitative estimate of drug-likeness (QED) is 0.318. The summed E-state index contributed by atoms with van der Waals surface area (Å²) < 4.78 is 8.68. The summed E-state index contributed by atoms with van der Waals surface area (Å²) >= 11 is 0.596. The van der Waals surface area contributed by atoms with Crippen molar-refractivity contribution in [1.82, 2.24) is 9.34 Å². The Kier molecular flexibility index (Phi) is 7.52. The number of hydrogen-bond donors (Lipinski definition) is 0. The number of rotatable bonds is 7. The summed E-state index contributed by atoms with van der Waals surface area (Å²) in [5, 5.41) is 1.91. The van der Waals surface area contributed by atoms with Crippen LogP contribution in [0.4, 0.5) is 5.69 Å². The second-order valence-corrected chi connectivity index (χ2v) is 15.8. The summed E-state index contributed by atoms with van der Waals surface area (Å²) in [6.45, 7) is 21.7. The van der Waals surface area contributed by atoms with Crippen molar-refractivity contribution in [2.24, 2.45) is 11.8 Å². The van der Waals surface area contributed by atoms with Gasteiger partial charge in [-0.3, -0.25) is 0 Å². The van der Waals surface area contributed by atoms with Crippen LogP contribution in [0.15, 0.2) is 29.2 Å². The number of fused-ring (bicyclic) bond motifs is 2. The average molecular weight is 517 g/mol. The van der Waals surface area contributed by atoms with Crippen molar-refractivity contribution < 1.29 is 0 Å². The molecule has 1 heterocycles. The molecule has 1 aliphatic heterocycles. The van der Waals surface area contributed by atoms with Gasteiger partial charge in [-0.2, -0.15) is 0 Å². The maximum absolute atomic E-state index is 2.90. The van der Waals surface area contributed by atoms with Crippen molar-refractivity contribution in [2.75, 3.05) is 16.9 Å². The van der Waals surface area contributed by atoms with E-state index < -0.39 is 8.22 Å². The molecule has 0 spiro atoms. The van der Waals surface area contributed by atoms with Gasteiger partial charge >= 0.3 is 208 Å². The number of anilines is 1. The van der Waals surface area contributed by atoms with E-state index in [1.807, 2.05) is 5.31 Å². The maximum atomic E-state index is 2.90. The fourth-order valence-corrected chi connectivity index (χ4v) is 13.2. The minimum absolute atomic E-state index is 0.566. The van der Waals surface area contributed by atoms with Crippen molar-refractivity contribution in [3.63, 3.8) is 0 Å². The molecule has 5 heteroatoms. The zero-order valence-electron chi connectivity index (χ0n) is 22.1. The Morgan fingerprint density at radius 3 is 1.81 bits per heavy atom. The normalized spacial score (nSPS) is 25.1. The SMILES string of the molecule is CC(C)c1cccc(C(C)C)c1[N]([GeH3-])C1=C([PH+]2N(C(C)C)CCN2C(C)C)[C@H]2CC[C@@H]1C2. The van der Waals surface area contributed by atoms with Gasteiger partial charge in [-0.1, -0.05) is 0 Å². The van der Waals surface area contributed by atoms with E-state index in [0.717, 1.165) is 11.8 Å². The fourth-order valence-electron chi connectivity index (χ4n) is 6.60. The zero-order chi connectivity index (χ0) is 23.3. The molecule has 0 aromatic heterocycles. The van der Waals surface area contributed by atoms with E-state index in [1.54, 1.807) is 22.5 Å². The Morgan fingerprint density at radius 2 is 1.34 bits per heavy atom. The van der Waals surface area contributed by atoms with Gasteiger partial charge in [0.25, 0.3) is 0 Å². The summed E-state index contributed by atoms with van der Waals surface area (Å²) in [4.78, 5) is 0. The van der Waals surface area contributed by atoms with Crippen LogP contribution in [0.5, 0.6) is 0 Å². The first-order valence-electron chi connectivity index (χ1n) is 13.1. The summed E-state index contributed by atoms with van der Waals surface area (Å²) in [5.41, 5.74) is 6.50. The molecule has 1 saturated carbocycles. The molecular weight excluding hydrogens is 470 g/mol. The summed E-state index contributed by atoms with van der Waals surface area (Å²) in [6, 6.07) is 8.39. The van der Waals surface area contributed by atoms with E-state index >= 15 is 0 Å². The number of allylic oxidation sites excluding steroid dienone is 2. The Hall–Kier alpha value is -0.347. The summed E-state index contributed by atoms with van der Waals surface area (Å²) in [5.74, 6) is 2.77. The van der Waals surface area contributed by atoms with E-state index in [2.05, 4.69) is 86.8 Å². The molecule has 0 amide bonds. The van der Waals surface area contributed by atoms with E-state index in [0.29, 0.717) is 40.7 Å². The molecular formula is C27H47GeN3P. The number of hydrogen-bond acceptors (Lipinski definition) is 3. The van der Waals surface area contributed by atoms with Gasteiger partial charge in [0.1, 0.15) is 0 Å². The van der Waals surface area contributed by atoms with Crippen molar-refractivity contribution in [3.05, 3.63) is 40.3 Å². The van der Waals surface area contributed by atoms with Crippen LogP contribution >= 0.6 is 8.22 Å². The monoisotopic (exact) mass is 518 g/mol. The van der Waals surface area contributed by atoms with E-state index in [4.69, 9.17) is 0 Å². The molecule has 3 nitrogen and oxygen atoms in total. The number of para-hydroxylation sites is 1. The van der Waals surface area contributed by atoms with Crippen molar-refractivity contribution in [1.29, 1.82) is 0 Å². The van der Waals surface area contributed by atoms with Gasteiger partial charge in [0.05, 0.1) is 0 Å². The topological polar surface area (TPSA) is 9.72 Å². The molecule has 1 aromatic rings. The molecule has 2 fully saturated rings. The zero-order valence-corrected chi connectivity index (χ0v) is 27.3. The molecule has 2 aliphatic carbocycles. The molecule has 2 bridgehead atoms. The van der Waals surface area contributed by atoms with Crippen molar-refractivity contribution in [2.45, 2.75) is 98.6 Å². The van der Waals surface area contributed by atoms with Gasteiger partial charge in [-0.15, -0.1) is 0 Å². The predicted octanol–water partition coefficient (Wildman–Crippen LogP) is 6.14. The van der Waals surface area contributed by atoms with Gasteiger partial charge in [-0.05, 0) is 0 Å². The van der Waals surface area contributed by atoms with Crippen LogP contribution in [0, 0.1) is 11.8 Å². The van der Waals surface area contributed by atoms with Crippen LogP contribution in [0.25, 0.3) is 0 Å². The molecule has 179 valence electrons. The third-order valence-electron chi connectivity index (χ3n) is 8.16. The standard InChI is InChI=1S/C27H46GeN3P/c1-17(2)23-10-9-11-24(18(3)4)26(23)31(28)25-21-12-13-22(16-21)27(25)32-29(19(5)6)14-15-30(32)20(7)8/h9-11,17-22H,12-16H2,1-8,28H3/q-1/p+1/t21-,22+/m1/s1. The van der Waals surface area contributed by atoms with Crippen LogP contribution in [0.3, 0.4) is 0 Å². The molecule has 4 rings (SSSR count). The van der Waals surface area contributed by atoms with E-state index in [9.17, 15) is 0 Å². The van der Waals surface area contributed by atoms with Crippen LogP contribution in [-0.2, 0) is 0 Å². The van der Waals surface area contributed by atoms with Crippen LogP contribution in [0.2, 0.25) is 0 Å². The molecule has 0 N–H and O–H groups in total. The molecule has 32 heavy (non-hydrogen) atoms. The van der Waals surface area contributed by atoms with E-state index in [1.165, 1.54) is 32.4 Å². The first kappa shape index (κ1) is 24.8. The average Bonchev–Trinajstić information content (AvgIpc) is 3.45. The number of benzene rings is 1. The Labute approximate surface area is 207 Å². The van der Waals surface area contributed by atoms with Gasteiger partial charge in [-0.25, -0.2) is 0 Å². The third-order valence-corrected chi connectivity index (χ3v) is 13.8. The van der Waals surface area contributed by atoms with Gasteiger partial charge in [0, 0.05) is 0 Å². The molecule has 0 radical (unpaired) electrons. The Morgan fingerprint density at radius 1 is 0.844 bits per heavy atom. The molecule has 3 aliphatic rings. The first-order chi connectivity index (χ1) is 15.1. The van der Waals surface area contributed by atoms with Crippen molar-refractivity contribution in [3.8, 4) is 0 Å². The summed E-state index contributed by atoms with van der Waals surface area (Å²) in [7, 11) is -0.826. The molecule has 2 atom stereocenters. The van der Waals surface area contributed by atoms with Crippen LogP contribution in [-0.4, -0.2) is 51.3 Å². The second-order valence-electron chi connectivity index (χ2n) is 11.6. The fraction of sp³-hybridized carbons (Fsp3) is 0.704. The summed E-state index contributed by atoms with van der Waals surface area (Å²) in [6.07, 6.45) is 4.26. The first-order valence-corrected chi connectivity index (χ1v) is 16.4. The molecule has 1 saturated heterocycles. The number of nitrogens with zero attached hydrogens (tertiary/aromatic N) is 3. The van der Waals surface area contributed by atoms with Crippen LogP contribution < -0.4 is 3.86 Å². The second kappa shape index (κ2) is 9.72. The van der Waals surface area contributed by atoms with Crippen molar-refractivity contribution >= 4 is 30.6 Å². The van der Waals surface area contributed by atoms with Gasteiger partial charge < -0.3 is 0 Å². The van der Waals surface area contributed by atoms with Gasteiger partial charge in [0.15, 0.2) is 0 Å². The van der Waals surface area contributed by atoms with Gasteiger partial charge in [0.2, 0.25) is 0 Å². The Balaban J connectivity index is 1.88. The van der Waals surface area contributed by atoms with Crippen LogP contribution in [0.1, 0.15) is 97.6 Å². The van der Waals surface area contributed by atoms with E-state index in [-0.39, 0.29) is 0 Å². The molecule has 0 unspecified atom stereocenters.